The van der Waals surface area contributed by atoms with Gasteiger partial charge in [0.15, 0.2) is 0 Å². The molecule has 3 aromatic rings. The predicted molar refractivity (Wildman–Crippen MR) is 79.8 cm³/mol. The highest BCUT2D eigenvalue weighted by Crippen LogP contribution is 2.24. The van der Waals surface area contributed by atoms with E-state index in [9.17, 15) is 0 Å². The lowest BCUT2D eigenvalue weighted by atomic mass is 10.0. The van der Waals surface area contributed by atoms with Crippen LogP contribution in [0.5, 0.6) is 0 Å². The summed E-state index contributed by atoms with van der Waals surface area (Å²) in [4.78, 5) is 4.42. The molecule has 0 saturated heterocycles. The Labute approximate surface area is 118 Å². The Morgan fingerprint density at radius 3 is 2.20 bits per heavy atom. The molecule has 2 aromatic carbocycles. The van der Waals surface area contributed by atoms with Crippen molar-refractivity contribution in [3.05, 3.63) is 78.5 Å². The van der Waals surface area contributed by atoms with E-state index in [1.807, 2.05) is 66.9 Å². The minimum absolute atomic E-state index is 0.672. The van der Waals surface area contributed by atoms with Crippen LogP contribution in [0.1, 0.15) is 5.56 Å². The third-order valence-electron chi connectivity index (χ3n) is 3.18. The highest BCUT2D eigenvalue weighted by atomic mass is 14.7. The molecule has 0 radical (unpaired) electrons. The third-order valence-corrected chi connectivity index (χ3v) is 3.18. The summed E-state index contributed by atoms with van der Waals surface area (Å²) in [6.45, 7) is 0. The van der Waals surface area contributed by atoms with E-state index >= 15 is 0 Å². The molecular weight excluding hydrogens is 244 g/mol. The van der Waals surface area contributed by atoms with Gasteiger partial charge in [-0.25, -0.2) is 0 Å². The zero-order chi connectivity index (χ0) is 13.8. The zero-order valence-electron chi connectivity index (χ0n) is 10.8. The summed E-state index contributed by atoms with van der Waals surface area (Å²) >= 11 is 0. The van der Waals surface area contributed by atoms with Gasteiger partial charge in [-0.1, -0.05) is 42.5 Å². The number of nitriles is 1. The molecule has 20 heavy (non-hydrogen) atoms. The molecule has 0 spiro atoms. The normalized spacial score (nSPS) is 9.95. The first-order valence-corrected chi connectivity index (χ1v) is 6.39. The largest absolute Gasteiger partial charge is 0.256 e. The molecule has 0 bridgehead atoms. The van der Waals surface area contributed by atoms with Gasteiger partial charge in [-0.05, 0) is 35.4 Å². The summed E-state index contributed by atoms with van der Waals surface area (Å²) < 4.78 is 0. The Kier molecular flexibility index (Phi) is 3.26. The highest BCUT2D eigenvalue weighted by Gasteiger charge is 2.02. The van der Waals surface area contributed by atoms with Gasteiger partial charge >= 0.3 is 0 Å². The van der Waals surface area contributed by atoms with Gasteiger partial charge in [0, 0.05) is 11.8 Å². The molecule has 94 valence electrons. The number of nitrogens with zero attached hydrogens (tertiary/aromatic N) is 2. The van der Waals surface area contributed by atoms with Gasteiger partial charge in [0.1, 0.15) is 0 Å². The fourth-order valence-electron chi connectivity index (χ4n) is 2.11. The van der Waals surface area contributed by atoms with Crippen molar-refractivity contribution in [3.63, 3.8) is 0 Å². The van der Waals surface area contributed by atoms with Crippen LogP contribution in [0.4, 0.5) is 0 Å². The first-order chi connectivity index (χ1) is 9.86. The van der Waals surface area contributed by atoms with E-state index in [2.05, 4.69) is 17.1 Å². The molecule has 2 nitrogen and oxygen atoms in total. The number of aromatic nitrogens is 1. The van der Waals surface area contributed by atoms with E-state index in [4.69, 9.17) is 5.26 Å². The molecular formula is C18H12N2. The number of pyridine rings is 1. The predicted octanol–water partition coefficient (Wildman–Crippen LogP) is 4.29. The first-order valence-electron chi connectivity index (χ1n) is 6.39. The van der Waals surface area contributed by atoms with Crippen LogP contribution in [0.25, 0.3) is 22.4 Å². The van der Waals surface area contributed by atoms with Crippen molar-refractivity contribution in [2.75, 3.05) is 0 Å². The van der Waals surface area contributed by atoms with Crippen molar-refractivity contribution in [2.24, 2.45) is 0 Å². The van der Waals surface area contributed by atoms with Gasteiger partial charge in [-0.3, -0.25) is 4.98 Å². The van der Waals surface area contributed by atoms with Crippen molar-refractivity contribution in [3.8, 4) is 28.5 Å². The summed E-state index contributed by atoms with van der Waals surface area (Å²) in [5, 5.41) is 8.83. The maximum Gasteiger partial charge on any atom is 0.0991 e. The first kappa shape index (κ1) is 12.1. The molecule has 0 fully saturated rings. The van der Waals surface area contributed by atoms with Gasteiger partial charge in [-0.15, -0.1) is 0 Å². The quantitative estimate of drug-likeness (QED) is 0.686. The molecule has 0 aliphatic heterocycles. The van der Waals surface area contributed by atoms with Crippen LogP contribution >= 0.6 is 0 Å². The van der Waals surface area contributed by atoms with Crippen LogP contribution in [-0.2, 0) is 0 Å². The highest BCUT2D eigenvalue weighted by molar-refractivity contribution is 5.70. The molecule has 0 amide bonds. The Morgan fingerprint density at radius 1 is 0.750 bits per heavy atom. The zero-order valence-corrected chi connectivity index (χ0v) is 10.8. The molecule has 1 heterocycles. The lowest BCUT2D eigenvalue weighted by molar-refractivity contribution is 1.32. The molecule has 0 atom stereocenters. The summed E-state index contributed by atoms with van der Waals surface area (Å²) in [6.07, 6.45) is 1.82. The smallest absolute Gasteiger partial charge is 0.0991 e. The Morgan fingerprint density at radius 2 is 1.50 bits per heavy atom. The van der Waals surface area contributed by atoms with Crippen LogP contribution < -0.4 is 0 Å². The van der Waals surface area contributed by atoms with Gasteiger partial charge in [0.25, 0.3) is 0 Å². The third kappa shape index (κ3) is 2.43. The van der Waals surface area contributed by atoms with Gasteiger partial charge in [-0.2, -0.15) is 5.26 Å². The average molecular weight is 256 g/mol. The number of hydrogen-bond acceptors (Lipinski definition) is 2. The van der Waals surface area contributed by atoms with E-state index in [0.29, 0.717) is 5.56 Å². The maximum absolute atomic E-state index is 8.83. The average Bonchev–Trinajstić information content (AvgIpc) is 2.56. The van der Waals surface area contributed by atoms with Crippen LogP contribution in [0.3, 0.4) is 0 Å². The van der Waals surface area contributed by atoms with Crippen molar-refractivity contribution >= 4 is 0 Å². The Balaban J connectivity index is 2.01. The fourth-order valence-corrected chi connectivity index (χ4v) is 2.11. The lowest BCUT2D eigenvalue weighted by Gasteiger charge is -2.05. The fraction of sp³-hybridized carbons (Fsp3) is 0. The Bertz CT molecular complexity index is 753. The second kappa shape index (κ2) is 5.38. The molecule has 2 heteroatoms. The van der Waals surface area contributed by atoms with E-state index in [1.165, 1.54) is 0 Å². The van der Waals surface area contributed by atoms with Crippen molar-refractivity contribution in [1.82, 2.24) is 4.98 Å². The van der Waals surface area contributed by atoms with Gasteiger partial charge in [0.2, 0.25) is 0 Å². The number of benzene rings is 2. The van der Waals surface area contributed by atoms with E-state index < -0.39 is 0 Å². The summed E-state index contributed by atoms with van der Waals surface area (Å²) in [6, 6.07) is 23.9. The second-order valence-corrected chi connectivity index (χ2v) is 4.48. The number of rotatable bonds is 2. The monoisotopic (exact) mass is 256 g/mol. The summed E-state index contributed by atoms with van der Waals surface area (Å²) in [5.41, 5.74) is 4.91. The van der Waals surface area contributed by atoms with Crippen molar-refractivity contribution in [2.45, 2.75) is 0 Å². The second-order valence-electron chi connectivity index (χ2n) is 4.48. The van der Waals surface area contributed by atoms with Crippen molar-refractivity contribution in [1.29, 1.82) is 5.26 Å². The standard InChI is InChI=1S/C18H12N2/c19-13-14-6-8-15(9-7-14)17-10-11-20-18(12-17)16-4-2-1-3-5-16/h1-12H. The van der Waals surface area contributed by atoms with Crippen LogP contribution in [0.15, 0.2) is 72.9 Å². The molecule has 0 aliphatic carbocycles. The SMILES string of the molecule is N#Cc1ccc(-c2ccnc(-c3ccccc3)c2)cc1. The summed E-state index contributed by atoms with van der Waals surface area (Å²) in [5.74, 6) is 0. The Hall–Kier alpha value is -2.92. The minimum Gasteiger partial charge on any atom is -0.256 e. The van der Waals surface area contributed by atoms with Crippen molar-refractivity contribution < 1.29 is 0 Å². The summed E-state index contributed by atoms with van der Waals surface area (Å²) in [7, 11) is 0. The number of hydrogen-bond donors (Lipinski definition) is 0. The molecule has 1 aromatic heterocycles. The van der Waals surface area contributed by atoms with Gasteiger partial charge < -0.3 is 0 Å². The van der Waals surface area contributed by atoms with E-state index in [1.54, 1.807) is 0 Å². The molecule has 0 unspecified atom stereocenters. The van der Waals surface area contributed by atoms with Crippen LogP contribution in [-0.4, -0.2) is 4.98 Å². The topological polar surface area (TPSA) is 36.7 Å². The molecule has 0 N–H and O–H groups in total. The maximum atomic E-state index is 8.83. The minimum atomic E-state index is 0.672. The van der Waals surface area contributed by atoms with Gasteiger partial charge in [0.05, 0.1) is 17.3 Å². The van der Waals surface area contributed by atoms with E-state index in [0.717, 1.165) is 22.4 Å². The van der Waals surface area contributed by atoms with E-state index in [-0.39, 0.29) is 0 Å². The molecule has 3 rings (SSSR count). The van der Waals surface area contributed by atoms with Crippen LogP contribution in [0.2, 0.25) is 0 Å². The molecule has 0 saturated carbocycles. The lowest BCUT2D eigenvalue weighted by Crippen LogP contribution is -1.85. The van der Waals surface area contributed by atoms with Crippen LogP contribution in [0, 0.1) is 11.3 Å². The molecule has 0 aliphatic rings.